The van der Waals surface area contributed by atoms with Crippen molar-refractivity contribution in [2.24, 2.45) is 0 Å². The molecule has 0 spiro atoms. The second-order valence-corrected chi connectivity index (χ2v) is 5.90. The number of nitrogens with zero attached hydrogens (tertiary/aromatic N) is 4. The molecule has 2 aromatic rings. The van der Waals surface area contributed by atoms with Crippen molar-refractivity contribution in [3.8, 4) is 11.8 Å². The largest absolute Gasteiger partial charge is 0.273 e. The van der Waals surface area contributed by atoms with Crippen LogP contribution in [-0.4, -0.2) is 33.5 Å². The zero-order chi connectivity index (χ0) is 16.5. The lowest BCUT2D eigenvalue weighted by molar-refractivity contribution is -0.118. The number of halogens is 1. The van der Waals surface area contributed by atoms with Crippen LogP contribution in [0.4, 0.5) is 10.3 Å². The fourth-order valence-corrected chi connectivity index (χ4v) is 3.15. The molecule has 5 nitrogen and oxygen atoms in total. The molecule has 1 unspecified atom stereocenters. The van der Waals surface area contributed by atoms with Gasteiger partial charge < -0.3 is 0 Å². The van der Waals surface area contributed by atoms with Crippen LogP contribution in [0.5, 0.6) is 0 Å². The van der Waals surface area contributed by atoms with Crippen LogP contribution < -0.4 is 5.01 Å². The van der Waals surface area contributed by atoms with Crippen LogP contribution in [0, 0.1) is 17.7 Å². The predicted octanol–water partition coefficient (Wildman–Crippen LogP) is 2.13. The quantitative estimate of drug-likeness (QED) is 0.755. The van der Waals surface area contributed by atoms with E-state index in [9.17, 15) is 9.18 Å². The number of hydrazine groups is 1. The molecule has 4 rings (SSSR count). The first-order valence-electron chi connectivity index (χ1n) is 7.90. The first kappa shape index (κ1) is 14.8. The number of amides is 1. The average Bonchev–Trinajstić information content (AvgIpc) is 3.14. The summed E-state index contributed by atoms with van der Waals surface area (Å²) in [6, 6.07) is 6.39. The van der Waals surface area contributed by atoms with Gasteiger partial charge in [-0.3, -0.25) is 4.79 Å². The number of fused-ring (bicyclic) bond motifs is 1. The molecule has 0 aliphatic carbocycles. The van der Waals surface area contributed by atoms with E-state index in [0.29, 0.717) is 23.5 Å². The Kier molecular flexibility index (Phi) is 3.71. The highest BCUT2D eigenvalue weighted by molar-refractivity contribution is 5.93. The molecule has 2 aliphatic heterocycles. The summed E-state index contributed by atoms with van der Waals surface area (Å²) in [6.07, 6.45) is 5.84. The van der Waals surface area contributed by atoms with Crippen molar-refractivity contribution < 1.29 is 9.18 Å². The van der Waals surface area contributed by atoms with Gasteiger partial charge in [-0.05, 0) is 31.0 Å². The van der Waals surface area contributed by atoms with Gasteiger partial charge in [0.05, 0.1) is 5.56 Å². The molecule has 2 aliphatic rings. The minimum atomic E-state index is -0.318. The van der Waals surface area contributed by atoms with Crippen LogP contribution in [0.15, 0.2) is 36.7 Å². The summed E-state index contributed by atoms with van der Waals surface area (Å²) in [4.78, 5) is 20.7. The first-order valence-corrected chi connectivity index (χ1v) is 7.90. The Bertz CT molecular complexity index is 840. The van der Waals surface area contributed by atoms with E-state index >= 15 is 0 Å². The lowest BCUT2D eigenvalue weighted by Crippen LogP contribution is -2.40. The predicted molar refractivity (Wildman–Crippen MR) is 86.2 cm³/mol. The molecule has 1 amide bonds. The molecule has 0 bridgehead atoms. The molecule has 0 radical (unpaired) electrons. The molecule has 1 atom stereocenters. The molecule has 0 N–H and O–H groups in total. The molecule has 6 heteroatoms. The summed E-state index contributed by atoms with van der Waals surface area (Å²) < 4.78 is 13.1. The number of rotatable bonds is 1. The van der Waals surface area contributed by atoms with Crippen LogP contribution >= 0.6 is 0 Å². The van der Waals surface area contributed by atoms with Crippen LogP contribution in [-0.2, 0) is 4.79 Å². The highest BCUT2D eigenvalue weighted by Crippen LogP contribution is 2.31. The van der Waals surface area contributed by atoms with E-state index in [-0.39, 0.29) is 17.8 Å². The van der Waals surface area contributed by atoms with Crippen LogP contribution in [0.2, 0.25) is 0 Å². The van der Waals surface area contributed by atoms with Crippen molar-refractivity contribution in [2.75, 3.05) is 11.6 Å². The summed E-state index contributed by atoms with van der Waals surface area (Å²) in [5.41, 5.74) is 1.21. The van der Waals surface area contributed by atoms with Gasteiger partial charge in [-0.1, -0.05) is 17.9 Å². The van der Waals surface area contributed by atoms with Crippen molar-refractivity contribution in [2.45, 2.75) is 25.3 Å². The molecule has 2 saturated heterocycles. The van der Waals surface area contributed by atoms with Crippen LogP contribution in [0.3, 0.4) is 0 Å². The molecular formula is C18H15FN4O. The lowest BCUT2D eigenvalue weighted by atomic mass is 10.2. The fourth-order valence-electron chi connectivity index (χ4n) is 3.15. The third-order valence-corrected chi connectivity index (χ3v) is 4.25. The molecule has 1 aromatic carbocycles. The summed E-state index contributed by atoms with van der Waals surface area (Å²) in [5.74, 6) is 5.89. The first-order chi connectivity index (χ1) is 11.7. The minimum Gasteiger partial charge on any atom is -0.273 e. The van der Waals surface area contributed by atoms with E-state index in [0.717, 1.165) is 19.4 Å². The van der Waals surface area contributed by atoms with Crippen molar-refractivity contribution in [1.29, 1.82) is 0 Å². The molecule has 120 valence electrons. The van der Waals surface area contributed by atoms with Gasteiger partial charge in [0.15, 0.2) is 0 Å². The van der Waals surface area contributed by atoms with Gasteiger partial charge in [0.2, 0.25) is 11.9 Å². The normalized spacial score (nSPS) is 20.0. The Hall–Kier alpha value is -2.78. The van der Waals surface area contributed by atoms with Crippen LogP contribution in [0.25, 0.3) is 0 Å². The van der Waals surface area contributed by atoms with Gasteiger partial charge in [-0.2, -0.15) is 0 Å². The lowest BCUT2D eigenvalue weighted by Gasteiger charge is -2.24. The number of carbonyl (C=O) groups excluding carboxylic acids is 1. The maximum absolute atomic E-state index is 13.1. The van der Waals surface area contributed by atoms with Crippen molar-refractivity contribution >= 4 is 11.9 Å². The van der Waals surface area contributed by atoms with Crippen molar-refractivity contribution in [3.05, 3.63) is 53.6 Å². The van der Waals surface area contributed by atoms with Gasteiger partial charge in [-0.15, -0.1) is 0 Å². The molecular weight excluding hydrogens is 307 g/mol. The smallest absolute Gasteiger partial charge is 0.247 e. The van der Waals surface area contributed by atoms with E-state index < -0.39 is 0 Å². The zero-order valence-electron chi connectivity index (χ0n) is 12.9. The summed E-state index contributed by atoms with van der Waals surface area (Å²) in [6.45, 7) is 0.862. The number of carbonyl (C=O) groups is 1. The Morgan fingerprint density at radius 3 is 2.75 bits per heavy atom. The maximum atomic E-state index is 13.1. The topological polar surface area (TPSA) is 49.3 Å². The summed E-state index contributed by atoms with van der Waals surface area (Å²) in [7, 11) is 0. The summed E-state index contributed by atoms with van der Waals surface area (Å²) >= 11 is 0. The van der Waals surface area contributed by atoms with Gasteiger partial charge >= 0.3 is 0 Å². The monoisotopic (exact) mass is 322 g/mol. The van der Waals surface area contributed by atoms with Gasteiger partial charge in [0.25, 0.3) is 0 Å². The zero-order valence-corrected chi connectivity index (χ0v) is 12.9. The number of anilines is 1. The highest BCUT2D eigenvalue weighted by atomic mass is 19.1. The number of aromatic nitrogens is 2. The second kappa shape index (κ2) is 6.02. The molecule has 0 saturated carbocycles. The van der Waals surface area contributed by atoms with Gasteiger partial charge in [-0.25, -0.2) is 24.4 Å². The number of hydrogen-bond donors (Lipinski definition) is 0. The fraction of sp³-hybridized carbons (Fsp3) is 0.278. The van der Waals surface area contributed by atoms with E-state index in [1.165, 1.54) is 12.1 Å². The van der Waals surface area contributed by atoms with Crippen molar-refractivity contribution in [1.82, 2.24) is 15.0 Å². The Labute approximate surface area is 139 Å². The molecule has 24 heavy (non-hydrogen) atoms. The van der Waals surface area contributed by atoms with E-state index in [1.54, 1.807) is 29.5 Å². The molecule has 3 heterocycles. The average molecular weight is 322 g/mol. The Morgan fingerprint density at radius 2 is 1.96 bits per heavy atom. The van der Waals surface area contributed by atoms with Gasteiger partial charge in [0.1, 0.15) is 5.82 Å². The van der Waals surface area contributed by atoms with E-state index in [1.807, 2.05) is 0 Å². The van der Waals surface area contributed by atoms with Gasteiger partial charge in [0, 0.05) is 37.0 Å². The summed E-state index contributed by atoms with van der Waals surface area (Å²) in [5, 5.41) is 3.64. The highest BCUT2D eigenvalue weighted by Gasteiger charge is 2.42. The third-order valence-electron chi connectivity index (χ3n) is 4.25. The standard InChI is InChI=1S/C18H15FN4O/c19-15-4-1-3-13(9-15)6-7-14-11-20-18(21-12-14)23-17(24)10-16-5-2-8-22(16)23/h1,3-4,9,11-12,16H,2,5,8,10H2. The third kappa shape index (κ3) is 2.74. The Morgan fingerprint density at radius 1 is 1.17 bits per heavy atom. The maximum Gasteiger partial charge on any atom is 0.247 e. The number of benzene rings is 1. The Balaban J connectivity index is 1.54. The molecule has 1 aromatic heterocycles. The molecule has 2 fully saturated rings. The van der Waals surface area contributed by atoms with E-state index in [4.69, 9.17) is 0 Å². The SMILES string of the molecule is O=C1CC2CCCN2N1c1ncc(C#Cc2cccc(F)c2)cn1. The van der Waals surface area contributed by atoms with Crippen molar-refractivity contribution in [3.63, 3.8) is 0 Å². The second-order valence-electron chi connectivity index (χ2n) is 5.90. The van der Waals surface area contributed by atoms with E-state index in [2.05, 4.69) is 26.8 Å². The number of hydrogen-bond acceptors (Lipinski definition) is 4. The minimum absolute atomic E-state index is 0.0401. The van der Waals surface area contributed by atoms with Crippen LogP contribution in [0.1, 0.15) is 30.4 Å².